The molecule has 0 aliphatic rings. The molecule has 0 unspecified atom stereocenters. The molecule has 8 heteroatoms. The van der Waals surface area contributed by atoms with Crippen molar-refractivity contribution in [2.75, 3.05) is 5.32 Å². The number of anilines is 1. The molecular weight excluding hydrogens is 410 g/mol. The summed E-state index contributed by atoms with van der Waals surface area (Å²) < 4.78 is 0. The summed E-state index contributed by atoms with van der Waals surface area (Å²) in [5, 5.41) is 24.4. The molecule has 1 aromatic carbocycles. The summed E-state index contributed by atoms with van der Waals surface area (Å²) >= 11 is 0. The Hall–Kier alpha value is -2.51. The lowest BCUT2D eigenvalue weighted by atomic mass is 10.0. The zero-order valence-electron chi connectivity index (χ0n) is 19.5. The van der Waals surface area contributed by atoms with E-state index in [9.17, 15) is 25.0 Å². The van der Waals surface area contributed by atoms with Gasteiger partial charge in [-0.1, -0.05) is 96.8 Å². The van der Waals surface area contributed by atoms with Gasteiger partial charge in [0, 0.05) is 18.6 Å². The average molecular weight is 450 g/mol. The Morgan fingerprint density at radius 3 is 1.44 bits per heavy atom. The minimum absolute atomic E-state index is 0.0804. The third-order valence-corrected chi connectivity index (χ3v) is 5.62. The molecule has 32 heavy (non-hydrogen) atoms. The van der Waals surface area contributed by atoms with Gasteiger partial charge in [-0.15, -0.1) is 0 Å². The Morgan fingerprint density at radius 1 is 0.688 bits per heavy atom. The molecule has 0 heterocycles. The van der Waals surface area contributed by atoms with E-state index in [1.807, 2.05) is 0 Å². The maximum atomic E-state index is 12.1. The number of amides is 1. The zero-order chi connectivity index (χ0) is 23.6. The molecule has 1 aromatic rings. The highest BCUT2D eigenvalue weighted by molar-refractivity contribution is 5.91. The molecule has 0 aromatic heterocycles. The van der Waals surface area contributed by atoms with Gasteiger partial charge in [-0.2, -0.15) is 0 Å². The van der Waals surface area contributed by atoms with Gasteiger partial charge in [0.05, 0.1) is 21.6 Å². The van der Waals surface area contributed by atoms with E-state index in [1.165, 1.54) is 77.0 Å². The van der Waals surface area contributed by atoms with Crippen LogP contribution in [-0.4, -0.2) is 15.8 Å². The minimum atomic E-state index is -0.711. The molecule has 1 rings (SSSR count). The van der Waals surface area contributed by atoms with E-state index in [0.29, 0.717) is 6.42 Å². The van der Waals surface area contributed by atoms with Gasteiger partial charge in [-0.3, -0.25) is 25.0 Å². The van der Waals surface area contributed by atoms with Crippen molar-refractivity contribution < 1.29 is 14.6 Å². The highest BCUT2D eigenvalue weighted by Crippen LogP contribution is 2.26. The summed E-state index contributed by atoms with van der Waals surface area (Å²) in [5.41, 5.74) is -0.750. The van der Waals surface area contributed by atoms with E-state index in [1.54, 1.807) is 0 Å². The number of hydrogen-bond donors (Lipinski definition) is 1. The fraction of sp³-hybridized carbons (Fsp3) is 0.708. The number of hydrogen-bond acceptors (Lipinski definition) is 5. The highest BCUT2D eigenvalue weighted by Gasteiger charge is 2.17. The van der Waals surface area contributed by atoms with Gasteiger partial charge in [0.15, 0.2) is 0 Å². The van der Waals surface area contributed by atoms with Crippen molar-refractivity contribution >= 4 is 23.0 Å². The molecule has 1 amide bonds. The molecule has 180 valence electrons. The molecule has 0 spiro atoms. The van der Waals surface area contributed by atoms with Crippen molar-refractivity contribution in [2.45, 2.75) is 110 Å². The van der Waals surface area contributed by atoms with Crippen molar-refractivity contribution in [2.24, 2.45) is 0 Å². The molecular formula is C24H39N3O5. The van der Waals surface area contributed by atoms with Crippen molar-refractivity contribution in [3.63, 3.8) is 0 Å². The SMILES string of the molecule is CCCCCCCCCCCCCCCCCC(=O)Nc1cc([N+](=O)[O-])cc([N+](=O)[O-])c1. The summed E-state index contributed by atoms with van der Waals surface area (Å²) in [6, 6.07) is 3.15. The summed E-state index contributed by atoms with van der Waals surface area (Å²) in [6.45, 7) is 2.25. The Labute approximate surface area is 191 Å². The maximum absolute atomic E-state index is 12.1. The number of nitro benzene ring substituents is 2. The van der Waals surface area contributed by atoms with Crippen LogP contribution in [0.2, 0.25) is 0 Å². The number of nitrogens with zero attached hydrogens (tertiary/aromatic N) is 2. The second-order valence-electron chi connectivity index (χ2n) is 8.50. The van der Waals surface area contributed by atoms with Gasteiger partial charge in [-0.05, 0) is 6.42 Å². The van der Waals surface area contributed by atoms with Gasteiger partial charge in [0.25, 0.3) is 11.4 Å². The lowest BCUT2D eigenvalue weighted by molar-refractivity contribution is -0.394. The predicted octanol–water partition coefficient (Wildman–Crippen LogP) is 7.70. The van der Waals surface area contributed by atoms with E-state index in [0.717, 1.165) is 37.5 Å². The first kappa shape index (κ1) is 27.5. The molecule has 0 radical (unpaired) electrons. The van der Waals surface area contributed by atoms with Crippen molar-refractivity contribution in [3.05, 3.63) is 38.4 Å². The number of non-ortho nitro benzene ring substituents is 2. The molecule has 0 aliphatic carbocycles. The molecule has 8 nitrogen and oxygen atoms in total. The summed E-state index contributed by atoms with van der Waals surface area (Å²) in [5.74, 6) is -0.283. The minimum Gasteiger partial charge on any atom is -0.326 e. The number of carbonyl (C=O) groups excluding carboxylic acids is 1. The van der Waals surface area contributed by atoms with E-state index in [4.69, 9.17) is 0 Å². The topological polar surface area (TPSA) is 115 Å². The monoisotopic (exact) mass is 449 g/mol. The van der Waals surface area contributed by atoms with E-state index in [-0.39, 0.29) is 11.6 Å². The Balaban J connectivity index is 2.07. The van der Waals surface area contributed by atoms with Crippen LogP contribution in [0.4, 0.5) is 17.1 Å². The Kier molecular flexibility index (Phi) is 14.7. The highest BCUT2D eigenvalue weighted by atomic mass is 16.6. The Bertz CT molecular complexity index is 677. The predicted molar refractivity (Wildman–Crippen MR) is 128 cm³/mol. The first-order valence-corrected chi connectivity index (χ1v) is 12.2. The molecule has 0 aliphatic heterocycles. The van der Waals surface area contributed by atoms with Crippen LogP contribution in [-0.2, 0) is 4.79 Å². The summed E-state index contributed by atoms with van der Waals surface area (Å²) in [6.07, 6.45) is 19.0. The standard InChI is InChI=1S/C24H39N3O5/c1-2-3-4-5-6-7-8-9-10-11-12-13-14-15-16-17-24(28)25-21-18-22(26(29)30)20-23(19-21)27(31)32/h18-20H,2-17H2,1H3,(H,25,28). The van der Waals surface area contributed by atoms with Gasteiger partial charge < -0.3 is 5.32 Å². The Morgan fingerprint density at radius 2 is 1.06 bits per heavy atom. The van der Waals surface area contributed by atoms with Crippen LogP contribution in [0.15, 0.2) is 18.2 Å². The molecule has 1 N–H and O–H groups in total. The van der Waals surface area contributed by atoms with Crippen LogP contribution in [0.5, 0.6) is 0 Å². The number of nitrogens with one attached hydrogen (secondary N) is 1. The number of rotatable bonds is 19. The van der Waals surface area contributed by atoms with Crippen LogP contribution in [0.3, 0.4) is 0 Å². The number of benzene rings is 1. The molecule has 0 bridgehead atoms. The van der Waals surface area contributed by atoms with Crippen molar-refractivity contribution in [1.82, 2.24) is 0 Å². The van der Waals surface area contributed by atoms with Crippen molar-refractivity contribution in [3.8, 4) is 0 Å². The third-order valence-electron chi connectivity index (χ3n) is 5.62. The lowest BCUT2D eigenvalue weighted by Crippen LogP contribution is -2.11. The van der Waals surface area contributed by atoms with E-state index < -0.39 is 21.2 Å². The number of carbonyl (C=O) groups is 1. The molecule has 0 fully saturated rings. The number of unbranched alkanes of at least 4 members (excludes halogenated alkanes) is 14. The largest absolute Gasteiger partial charge is 0.326 e. The average Bonchev–Trinajstić information content (AvgIpc) is 2.76. The first-order chi connectivity index (χ1) is 15.4. The van der Waals surface area contributed by atoms with Crippen LogP contribution in [0.25, 0.3) is 0 Å². The fourth-order valence-electron chi connectivity index (χ4n) is 3.76. The summed E-state index contributed by atoms with van der Waals surface area (Å²) in [7, 11) is 0. The maximum Gasteiger partial charge on any atom is 0.278 e. The smallest absolute Gasteiger partial charge is 0.278 e. The lowest BCUT2D eigenvalue weighted by Gasteiger charge is -2.06. The zero-order valence-corrected chi connectivity index (χ0v) is 19.5. The van der Waals surface area contributed by atoms with Gasteiger partial charge in [0.2, 0.25) is 5.91 Å². The fourth-order valence-corrected chi connectivity index (χ4v) is 3.76. The molecule has 0 atom stereocenters. The van der Waals surface area contributed by atoms with E-state index in [2.05, 4.69) is 12.2 Å². The van der Waals surface area contributed by atoms with Crippen LogP contribution in [0.1, 0.15) is 110 Å². The molecule has 0 saturated carbocycles. The third kappa shape index (κ3) is 13.0. The molecule has 0 saturated heterocycles. The van der Waals surface area contributed by atoms with Gasteiger partial charge in [-0.25, -0.2) is 0 Å². The van der Waals surface area contributed by atoms with E-state index >= 15 is 0 Å². The number of nitro groups is 2. The van der Waals surface area contributed by atoms with Crippen LogP contribution in [0, 0.1) is 20.2 Å². The van der Waals surface area contributed by atoms with Crippen molar-refractivity contribution in [1.29, 1.82) is 0 Å². The quantitative estimate of drug-likeness (QED) is 0.132. The van der Waals surface area contributed by atoms with Crippen LogP contribution < -0.4 is 5.32 Å². The van der Waals surface area contributed by atoms with Gasteiger partial charge in [0.1, 0.15) is 0 Å². The summed E-state index contributed by atoms with van der Waals surface area (Å²) in [4.78, 5) is 32.5. The van der Waals surface area contributed by atoms with Crippen LogP contribution >= 0.6 is 0 Å². The first-order valence-electron chi connectivity index (χ1n) is 12.2. The second kappa shape index (κ2) is 17.1. The normalized spacial score (nSPS) is 10.8. The second-order valence-corrected chi connectivity index (χ2v) is 8.50. The van der Waals surface area contributed by atoms with Gasteiger partial charge >= 0.3 is 0 Å².